The summed E-state index contributed by atoms with van der Waals surface area (Å²) >= 11 is 0. The fourth-order valence-corrected chi connectivity index (χ4v) is 3.03. The van der Waals surface area contributed by atoms with Gasteiger partial charge in [0.25, 0.3) is 11.8 Å². The van der Waals surface area contributed by atoms with E-state index in [9.17, 15) is 18.4 Å². The fraction of sp³-hybridized carbons (Fsp3) is 0.300. The molecule has 27 heavy (non-hydrogen) atoms. The second-order valence-corrected chi connectivity index (χ2v) is 6.26. The van der Waals surface area contributed by atoms with Gasteiger partial charge in [0.05, 0.1) is 11.3 Å². The van der Waals surface area contributed by atoms with Gasteiger partial charge in [-0.25, -0.2) is 0 Å². The molecule has 2 aromatic rings. The smallest absolute Gasteiger partial charge is 0.387 e. The summed E-state index contributed by atoms with van der Waals surface area (Å²) < 4.78 is 28.7. The van der Waals surface area contributed by atoms with Crippen molar-refractivity contribution in [1.29, 1.82) is 0 Å². The van der Waals surface area contributed by atoms with Crippen molar-refractivity contribution in [2.45, 2.75) is 25.9 Å². The van der Waals surface area contributed by atoms with Crippen LogP contribution < -0.4 is 10.1 Å². The molecule has 2 amide bonds. The quantitative estimate of drug-likeness (QED) is 0.855. The molecular formula is C20H20F2N2O3. The molecule has 1 aliphatic heterocycles. The summed E-state index contributed by atoms with van der Waals surface area (Å²) in [6, 6.07) is 12.2. The summed E-state index contributed by atoms with van der Waals surface area (Å²) in [6.45, 7) is -1.49. The van der Waals surface area contributed by atoms with Crippen LogP contribution >= 0.6 is 0 Å². The highest BCUT2D eigenvalue weighted by Crippen LogP contribution is 2.21. The van der Waals surface area contributed by atoms with Crippen molar-refractivity contribution in [1.82, 2.24) is 4.90 Å². The van der Waals surface area contributed by atoms with Crippen LogP contribution in [0.4, 0.5) is 14.5 Å². The first kappa shape index (κ1) is 18.8. The number of ether oxygens (including phenoxy) is 1. The summed E-state index contributed by atoms with van der Waals surface area (Å²) in [4.78, 5) is 27.0. The average molecular weight is 374 g/mol. The van der Waals surface area contributed by atoms with Crippen LogP contribution in [-0.4, -0.2) is 36.4 Å². The normalized spacial score (nSPS) is 14.1. The Balaban J connectivity index is 1.73. The highest BCUT2D eigenvalue weighted by Gasteiger charge is 2.21. The standard InChI is InChI=1S/C20H20F2N2O3/c21-20(22)27-15-10-8-14(9-11-15)18(25)23-17-7-3-2-6-16(17)19(26)24-12-4-1-5-13-24/h2-3,6-11,20H,1,4-5,12-13H2,(H,23,25). The molecule has 5 nitrogen and oxygen atoms in total. The minimum absolute atomic E-state index is 0.0257. The van der Waals surface area contributed by atoms with Gasteiger partial charge < -0.3 is 15.0 Å². The zero-order valence-electron chi connectivity index (χ0n) is 14.7. The van der Waals surface area contributed by atoms with Gasteiger partial charge in [-0.05, 0) is 55.7 Å². The summed E-state index contributed by atoms with van der Waals surface area (Å²) in [6.07, 6.45) is 3.08. The molecule has 1 heterocycles. The lowest BCUT2D eigenvalue weighted by Crippen LogP contribution is -2.36. The Labute approximate surface area is 155 Å². The van der Waals surface area contributed by atoms with Gasteiger partial charge in [0.1, 0.15) is 5.75 Å². The minimum atomic E-state index is -2.92. The number of carbonyl (C=O) groups excluding carboxylic acids is 2. The Kier molecular flexibility index (Phi) is 6.01. The lowest BCUT2D eigenvalue weighted by molar-refractivity contribution is -0.0498. The molecule has 142 valence electrons. The molecule has 0 saturated carbocycles. The summed E-state index contributed by atoms with van der Waals surface area (Å²) in [5.41, 5.74) is 1.13. The van der Waals surface area contributed by atoms with Gasteiger partial charge in [0.2, 0.25) is 0 Å². The van der Waals surface area contributed by atoms with Crippen molar-refractivity contribution >= 4 is 17.5 Å². The van der Waals surface area contributed by atoms with Crippen LogP contribution in [0, 0.1) is 0 Å². The van der Waals surface area contributed by atoms with Crippen LogP contribution in [0.25, 0.3) is 0 Å². The predicted octanol–water partition coefficient (Wildman–Crippen LogP) is 4.17. The maximum atomic E-state index is 12.8. The SMILES string of the molecule is O=C(Nc1ccccc1C(=O)N1CCCCC1)c1ccc(OC(F)F)cc1. The highest BCUT2D eigenvalue weighted by atomic mass is 19.3. The molecular weight excluding hydrogens is 354 g/mol. The fourth-order valence-electron chi connectivity index (χ4n) is 3.03. The molecule has 1 fully saturated rings. The zero-order valence-corrected chi connectivity index (χ0v) is 14.7. The van der Waals surface area contributed by atoms with E-state index in [1.807, 2.05) is 0 Å². The Bertz CT molecular complexity index is 803. The van der Waals surface area contributed by atoms with Crippen molar-refractivity contribution in [3.8, 4) is 5.75 Å². The molecule has 3 rings (SSSR count). The number of benzene rings is 2. The number of halogens is 2. The Hall–Kier alpha value is -2.96. The van der Waals surface area contributed by atoms with E-state index in [-0.39, 0.29) is 17.2 Å². The Morgan fingerprint density at radius 2 is 1.63 bits per heavy atom. The molecule has 0 spiro atoms. The number of likely N-dealkylation sites (tertiary alicyclic amines) is 1. The third-order valence-electron chi connectivity index (χ3n) is 4.39. The monoisotopic (exact) mass is 374 g/mol. The molecule has 0 unspecified atom stereocenters. The van der Waals surface area contributed by atoms with Crippen molar-refractivity contribution < 1.29 is 23.1 Å². The van der Waals surface area contributed by atoms with Gasteiger partial charge >= 0.3 is 6.61 Å². The maximum absolute atomic E-state index is 12.8. The highest BCUT2D eigenvalue weighted by molar-refractivity contribution is 6.09. The summed E-state index contributed by atoms with van der Waals surface area (Å²) in [5, 5.41) is 2.73. The number of nitrogens with one attached hydrogen (secondary N) is 1. The van der Waals surface area contributed by atoms with Gasteiger partial charge in [-0.15, -0.1) is 0 Å². The number of carbonyl (C=O) groups is 2. The molecule has 1 aliphatic rings. The van der Waals surface area contributed by atoms with Crippen molar-refractivity contribution in [3.05, 3.63) is 59.7 Å². The van der Waals surface area contributed by atoms with Crippen LogP contribution in [0.5, 0.6) is 5.75 Å². The van der Waals surface area contributed by atoms with Crippen LogP contribution in [0.2, 0.25) is 0 Å². The first-order chi connectivity index (χ1) is 13.0. The third kappa shape index (κ3) is 4.81. The van der Waals surface area contributed by atoms with Gasteiger partial charge in [0.15, 0.2) is 0 Å². The van der Waals surface area contributed by atoms with E-state index in [1.54, 1.807) is 29.2 Å². The minimum Gasteiger partial charge on any atom is -0.435 e. The first-order valence-electron chi connectivity index (χ1n) is 8.79. The second-order valence-electron chi connectivity index (χ2n) is 6.26. The number of hydrogen-bond acceptors (Lipinski definition) is 3. The maximum Gasteiger partial charge on any atom is 0.387 e. The van der Waals surface area contributed by atoms with Crippen LogP contribution in [0.1, 0.15) is 40.0 Å². The van der Waals surface area contributed by atoms with Crippen LogP contribution in [-0.2, 0) is 0 Å². The topological polar surface area (TPSA) is 58.6 Å². The lowest BCUT2D eigenvalue weighted by atomic mass is 10.1. The number of hydrogen-bond donors (Lipinski definition) is 1. The van der Waals surface area contributed by atoms with Crippen molar-refractivity contribution in [2.24, 2.45) is 0 Å². The number of rotatable bonds is 5. The second kappa shape index (κ2) is 8.62. The number of amides is 2. The molecule has 0 bridgehead atoms. The average Bonchev–Trinajstić information content (AvgIpc) is 2.68. The van der Waals surface area contributed by atoms with Crippen molar-refractivity contribution in [2.75, 3.05) is 18.4 Å². The summed E-state index contributed by atoms with van der Waals surface area (Å²) in [5.74, 6) is -0.564. The largest absolute Gasteiger partial charge is 0.435 e. The van der Waals surface area contributed by atoms with Crippen LogP contribution in [0.15, 0.2) is 48.5 Å². The lowest BCUT2D eigenvalue weighted by Gasteiger charge is -2.27. The molecule has 0 aliphatic carbocycles. The van der Waals surface area contributed by atoms with Gasteiger partial charge in [-0.2, -0.15) is 8.78 Å². The molecule has 0 atom stereocenters. The molecule has 1 saturated heterocycles. The third-order valence-corrected chi connectivity index (χ3v) is 4.39. The molecule has 2 aromatic carbocycles. The van der Waals surface area contributed by atoms with E-state index >= 15 is 0 Å². The molecule has 0 aromatic heterocycles. The Morgan fingerprint density at radius 3 is 2.30 bits per heavy atom. The molecule has 0 radical (unpaired) electrons. The van der Waals surface area contributed by atoms with E-state index in [0.29, 0.717) is 24.3 Å². The summed E-state index contributed by atoms with van der Waals surface area (Å²) in [7, 11) is 0. The van der Waals surface area contributed by atoms with Gasteiger partial charge in [-0.3, -0.25) is 9.59 Å². The number of anilines is 1. The molecule has 7 heteroatoms. The predicted molar refractivity (Wildman–Crippen MR) is 97.2 cm³/mol. The number of para-hydroxylation sites is 1. The Morgan fingerprint density at radius 1 is 0.963 bits per heavy atom. The number of alkyl halides is 2. The van der Waals surface area contributed by atoms with E-state index in [4.69, 9.17) is 0 Å². The van der Waals surface area contributed by atoms with Gasteiger partial charge in [0, 0.05) is 18.7 Å². The van der Waals surface area contributed by atoms with E-state index in [0.717, 1.165) is 19.3 Å². The number of nitrogens with zero attached hydrogens (tertiary/aromatic N) is 1. The van der Waals surface area contributed by atoms with E-state index in [1.165, 1.54) is 24.3 Å². The van der Waals surface area contributed by atoms with Crippen molar-refractivity contribution in [3.63, 3.8) is 0 Å². The molecule has 1 N–H and O–H groups in total. The van der Waals surface area contributed by atoms with Crippen LogP contribution in [0.3, 0.4) is 0 Å². The first-order valence-corrected chi connectivity index (χ1v) is 8.79. The number of piperidine rings is 1. The zero-order chi connectivity index (χ0) is 19.2. The van der Waals surface area contributed by atoms with E-state index in [2.05, 4.69) is 10.1 Å². The van der Waals surface area contributed by atoms with Gasteiger partial charge in [-0.1, -0.05) is 12.1 Å². The van der Waals surface area contributed by atoms with E-state index < -0.39 is 12.5 Å².